The highest BCUT2D eigenvalue weighted by molar-refractivity contribution is 7.17. The number of aromatic nitrogens is 2. The van der Waals surface area contributed by atoms with Crippen molar-refractivity contribution < 1.29 is 4.74 Å². The van der Waals surface area contributed by atoms with Crippen molar-refractivity contribution in [2.75, 3.05) is 7.11 Å². The number of hydrogen-bond donors (Lipinski definition) is 0. The summed E-state index contributed by atoms with van der Waals surface area (Å²) in [6.45, 7) is 0.404. The molecule has 0 amide bonds. The van der Waals surface area contributed by atoms with Crippen LogP contribution >= 0.6 is 22.9 Å². The maximum atomic E-state index is 13.1. The van der Waals surface area contributed by atoms with E-state index in [1.165, 1.54) is 11.3 Å². The SMILES string of the molecule is COc1ccccc1Cn1cnc2scc(-c3ccc(Cl)cc3)c2c1=O. The van der Waals surface area contributed by atoms with E-state index in [1.54, 1.807) is 18.0 Å². The summed E-state index contributed by atoms with van der Waals surface area (Å²) in [6, 6.07) is 15.2. The summed E-state index contributed by atoms with van der Waals surface area (Å²) in [5, 5.41) is 3.27. The topological polar surface area (TPSA) is 44.1 Å². The molecule has 4 rings (SSSR count). The highest BCUT2D eigenvalue weighted by Gasteiger charge is 2.14. The van der Waals surface area contributed by atoms with E-state index in [0.29, 0.717) is 17.0 Å². The zero-order valence-corrected chi connectivity index (χ0v) is 15.6. The predicted molar refractivity (Wildman–Crippen MR) is 106 cm³/mol. The summed E-state index contributed by atoms with van der Waals surface area (Å²) in [6.07, 6.45) is 1.60. The van der Waals surface area contributed by atoms with Gasteiger partial charge in [0.1, 0.15) is 10.6 Å². The lowest BCUT2D eigenvalue weighted by Gasteiger charge is -2.10. The molecule has 0 N–H and O–H groups in total. The van der Waals surface area contributed by atoms with Crippen LogP contribution in [0.15, 0.2) is 65.0 Å². The molecule has 0 fully saturated rings. The molecule has 0 saturated carbocycles. The fraction of sp³-hybridized carbons (Fsp3) is 0.100. The summed E-state index contributed by atoms with van der Waals surface area (Å²) in [4.78, 5) is 18.3. The Labute approximate surface area is 159 Å². The Hall–Kier alpha value is -2.63. The number of hydrogen-bond acceptors (Lipinski definition) is 4. The second kappa shape index (κ2) is 6.94. The molecule has 0 saturated heterocycles. The van der Waals surface area contributed by atoms with E-state index in [0.717, 1.165) is 27.3 Å². The Morgan fingerprint density at radius 1 is 1.15 bits per heavy atom. The Morgan fingerprint density at radius 2 is 1.92 bits per heavy atom. The van der Waals surface area contributed by atoms with Gasteiger partial charge >= 0.3 is 0 Å². The van der Waals surface area contributed by atoms with Crippen LogP contribution in [0, 0.1) is 0 Å². The summed E-state index contributed by atoms with van der Waals surface area (Å²) in [5.74, 6) is 0.753. The van der Waals surface area contributed by atoms with Gasteiger partial charge in [-0.25, -0.2) is 4.98 Å². The lowest BCUT2D eigenvalue weighted by atomic mass is 10.1. The normalized spacial score (nSPS) is 11.0. The van der Waals surface area contributed by atoms with Crippen LogP contribution in [0.25, 0.3) is 21.3 Å². The van der Waals surface area contributed by atoms with Gasteiger partial charge in [-0.05, 0) is 23.8 Å². The predicted octanol–water partition coefficient (Wildman–Crippen LogP) is 4.84. The zero-order valence-electron chi connectivity index (χ0n) is 14.0. The fourth-order valence-corrected chi connectivity index (χ4v) is 3.97. The van der Waals surface area contributed by atoms with Gasteiger partial charge in [-0.15, -0.1) is 11.3 Å². The number of nitrogens with zero attached hydrogens (tertiary/aromatic N) is 2. The Bertz CT molecular complexity index is 1130. The fourth-order valence-electron chi connectivity index (χ4n) is 2.94. The number of thiophene rings is 1. The molecule has 130 valence electrons. The van der Waals surface area contributed by atoms with Gasteiger partial charge in [0, 0.05) is 21.5 Å². The smallest absolute Gasteiger partial charge is 0.263 e. The maximum Gasteiger partial charge on any atom is 0.263 e. The van der Waals surface area contributed by atoms with E-state index in [1.807, 2.05) is 53.9 Å². The molecular formula is C20H15ClN2O2S. The maximum absolute atomic E-state index is 13.1. The van der Waals surface area contributed by atoms with Crippen molar-refractivity contribution >= 4 is 33.2 Å². The number of rotatable bonds is 4. The van der Waals surface area contributed by atoms with Gasteiger partial charge < -0.3 is 4.74 Å². The van der Waals surface area contributed by atoms with Gasteiger partial charge in [-0.3, -0.25) is 9.36 Å². The molecular weight excluding hydrogens is 368 g/mol. The highest BCUT2D eigenvalue weighted by Crippen LogP contribution is 2.31. The summed E-state index contributed by atoms with van der Waals surface area (Å²) >= 11 is 7.45. The average Bonchev–Trinajstić information content (AvgIpc) is 3.10. The third-order valence-electron chi connectivity index (χ3n) is 4.25. The van der Waals surface area contributed by atoms with E-state index in [9.17, 15) is 4.79 Å². The van der Waals surface area contributed by atoms with Crippen molar-refractivity contribution in [2.45, 2.75) is 6.54 Å². The molecule has 0 aliphatic carbocycles. The summed E-state index contributed by atoms with van der Waals surface area (Å²) < 4.78 is 7.01. The van der Waals surface area contributed by atoms with Crippen LogP contribution in [0.2, 0.25) is 5.02 Å². The molecule has 0 spiro atoms. The number of benzene rings is 2. The van der Waals surface area contributed by atoms with Crippen LogP contribution in [0.1, 0.15) is 5.56 Å². The van der Waals surface area contributed by atoms with Crippen LogP contribution in [0.5, 0.6) is 5.75 Å². The zero-order chi connectivity index (χ0) is 18.1. The van der Waals surface area contributed by atoms with Gasteiger partial charge in [0.2, 0.25) is 0 Å². The monoisotopic (exact) mass is 382 g/mol. The molecule has 2 heterocycles. The molecule has 4 aromatic rings. The van der Waals surface area contributed by atoms with Crippen LogP contribution < -0.4 is 10.3 Å². The lowest BCUT2D eigenvalue weighted by molar-refractivity contribution is 0.408. The molecule has 2 aromatic heterocycles. The number of methoxy groups -OCH3 is 1. The van der Waals surface area contributed by atoms with Gasteiger partial charge in [-0.1, -0.05) is 41.9 Å². The van der Waals surface area contributed by atoms with Crippen molar-refractivity contribution in [1.82, 2.24) is 9.55 Å². The molecule has 0 radical (unpaired) electrons. The lowest BCUT2D eigenvalue weighted by Crippen LogP contribution is -2.21. The van der Waals surface area contributed by atoms with E-state index >= 15 is 0 Å². The van der Waals surface area contributed by atoms with Crippen molar-refractivity contribution in [1.29, 1.82) is 0 Å². The molecule has 0 aliphatic heterocycles. The van der Waals surface area contributed by atoms with Crippen LogP contribution in [0.3, 0.4) is 0 Å². The van der Waals surface area contributed by atoms with Crippen molar-refractivity contribution in [3.63, 3.8) is 0 Å². The van der Waals surface area contributed by atoms with E-state index in [2.05, 4.69) is 4.98 Å². The van der Waals surface area contributed by atoms with Gasteiger partial charge in [0.25, 0.3) is 5.56 Å². The Kier molecular flexibility index (Phi) is 4.49. The van der Waals surface area contributed by atoms with Gasteiger partial charge in [0.05, 0.1) is 25.4 Å². The van der Waals surface area contributed by atoms with Gasteiger partial charge in [0.15, 0.2) is 0 Å². The molecule has 0 unspecified atom stereocenters. The van der Waals surface area contributed by atoms with Crippen molar-refractivity contribution in [3.05, 3.63) is 81.2 Å². The van der Waals surface area contributed by atoms with Crippen LogP contribution in [0.4, 0.5) is 0 Å². The quantitative estimate of drug-likeness (QED) is 0.507. The highest BCUT2D eigenvalue weighted by atomic mass is 35.5. The molecule has 0 atom stereocenters. The molecule has 6 heteroatoms. The molecule has 0 bridgehead atoms. The minimum Gasteiger partial charge on any atom is -0.496 e. The second-order valence-electron chi connectivity index (χ2n) is 5.83. The van der Waals surface area contributed by atoms with Crippen molar-refractivity contribution in [2.24, 2.45) is 0 Å². The molecule has 4 nitrogen and oxygen atoms in total. The van der Waals surface area contributed by atoms with Crippen LogP contribution in [-0.2, 0) is 6.54 Å². The van der Waals surface area contributed by atoms with E-state index in [-0.39, 0.29) is 5.56 Å². The number of ether oxygens (including phenoxy) is 1. The number of para-hydroxylation sites is 1. The molecule has 0 aliphatic rings. The van der Waals surface area contributed by atoms with Crippen molar-refractivity contribution in [3.8, 4) is 16.9 Å². The van der Waals surface area contributed by atoms with Gasteiger partial charge in [-0.2, -0.15) is 0 Å². The largest absolute Gasteiger partial charge is 0.496 e. The molecule has 26 heavy (non-hydrogen) atoms. The molecule has 2 aromatic carbocycles. The van der Waals surface area contributed by atoms with Crippen LogP contribution in [-0.4, -0.2) is 16.7 Å². The standard InChI is InChI=1S/C20H15ClN2O2S/c1-25-17-5-3-2-4-14(17)10-23-12-22-19-18(20(23)24)16(11-26-19)13-6-8-15(21)9-7-13/h2-9,11-12H,10H2,1H3. The first kappa shape index (κ1) is 16.8. The third-order valence-corrected chi connectivity index (χ3v) is 5.39. The minimum atomic E-state index is -0.0629. The average molecular weight is 383 g/mol. The second-order valence-corrected chi connectivity index (χ2v) is 7.12. The first-order valence-corrected chi connectivity index (χ1v) is 9.27. The van der Waals surface area contributed by atoms with E-state index in [4.69, 9.17) is 16.3 Å². The first-order valence-electron chi connectivity index (χ1n) is 8.02. The Morgan fingerprint density at radius 3 is 2.69 bits per heavy atom. The minimum absolute atomic E-state index is 0.0629. The summed E-state index contributed by atoms with van der Waals surface area (Å²) in [5.41, 5.74) is 2.71. The first-order chi connectivity index (χ1) is 12.7. The number of fused-ring (bicyclic) bond motifs is 1. The summed E-state index contributed by atoms with van der Waals surface area (Å²) in [7, 11) is 1.63. The number of halogens is 1. The van der Waals surface area contributed by atoms with E-state index < -0.39 is 0 Å². The Balaban J connectivity index is 1.83. The third kappa shape index (κ3) is 3.00.